The molecular weight excluding hydrogens is 398 g/mol. The molecule has 3 aromatic heterocycles. The average molecular weight is 424 g/mol. The van der Waals surface area contributed by atoms with Gasteiger partial charge in [-0.25, -0.2) is 15.0 Å². The molecule has 0 aromatic carbocycles. The molecule has 1 aliphatic heterocycles. The predicted molar refractivity (Wildman–Crippen MR) is 119 cm³/mol. The molecule has 1 unspecified atom stereocenters. The van der Waals surface area contributed by atoms with Crippen LogP contribution < -0.4 is 21.3 Å². The number of rotatable bonds is 3. The van der Waals surface area contributed by atoms with Gasteiger partial charge in [-0.15, -0.1) is 11.3 Å². The molecule has 0 spiro atoms. The zero-order chi connectivity index (χ0) is 20.7. The van der Waals surface area contributed by atoms with Crippen LogP contribution in [0.15, 0.2) is 18.3 Å². The second-order valence-corrected chi connectivity index (χ2v) is 8.91. The van der Waals surface area contributed by atoms with Crippen molar-refractivity contribution in [3.05, 3.63) is 40.3 Å². The number of carbonyl (C=O) groups is 1. The van der Waals surface area contributed by atoms with Crippen molar-refractivity contribution in [3.8, 4) is 0 Å². The highest BCUT2D eigenvalue weighted by Crippen LogP contribution is 2.32. The maximum absolute atomic E-state index is 12.9. The smallest absolute Gasteiger partial charge is 0.263 e. The molecule has 156 valence electrons. The number of nitrogens with one attached hydrogen (secondary N) is 2. The molecule has 8 nitrogen and oxygen atoms in total. The SMILES string of the molecule is Cc1ncc2c(N)c(C(=O)NC3CCc4nc(N5CCNCC5)ccc4C3)sc2n1. The van der Waals surface area contributed by atoms with E-state index >= 15 is 0 Å². The van der Waals surface area contributed by atoms with Crippen molar-refractivity contribution >= 4 is 39.0 Å². The van der Waals surface area contributed by atoms with Gasteiger partial charge in [-0.3, -0.25) is 4.79 Å². The molecule has 1 saturated heterocycles. The molecule has 1 fully saturated rings. The molecule has 5 rings (SSSR count). The lowest BCUT2D eigenvalue weighted by Gasteiger charge is -2.30. The second kappa shape index (κ2) is 7.81. The van der Waals surface area contributed by atoms with Crippen LogP contribution in [0.4, 0.5) is 11.5 Å². The van der Waals surface area contributed by atoms with Crippen LogP contribution in [0.1, 0.15) is 33.2 Å². The van der Waals surface area contributed by atoms with E-state index in [1.165, 1.54) is 16.9 Å². The highest BCUT2D eigenvalue weighted by molar-refractivity contribution is 7.21. The minimum atomic E-state index is -0.132. The number of carbonyl (C=O) groups excluding carboxylic acids is 1. The summed E-state index contributed by atoms with van der Waals surface area (Å²) in [6.07, 6.45) is 4.23. The Balaban J connectivity index is 1.29. The lowest BCUT2D eigenvalue weighted by Crippen LogP contribution is -2.44. The number of nitrogens with zero attached hydrogens (tertiary/aromatic N) is 4. The number of hydrogen-bond acceptors (Lipinski definition) is 8. The fraction of sp³-hybridized carbons (Fsp3) is 0.429. The first-order chi connectivity index (χ1) is 14.6. The van der Waals surface area contributed by atoms with E-state index in [0.29, 0.717) is 16.4 Å². The van der Waals surface area contributed by atoms with Crippen LogP contribution in [0, 0.1) is 6.92 Å². The van der Waals surface area contributed by atoms with Crippen molar-refractivity contribution in [2.24, 2.45) is 0 Å². The quantitative estimate of drug-likeness (QED) is 0.588. The first-order valence-corrected chi connectivity index (χ1v) is 11.2. The molecule has 0 bridgehead atoms. The normalized spacial score (nSPS) is 19.0. The summed E-state index contributed by atoms with van der Waals surface area (Å²) in [7, 11) is 0. The van der Waals surface area contributed by atoms with Gasteiger partial charge in [0.05, 0.1) is 11.1 Å². The summed E-state index contributed by atoms with van der Waals surface area (Å²) < 4.78 is 0. The van der Waals surface area contributed by atoms with Gasteiger partial charge in [0.15, 0.2) is 0 Å². The van der Waals surface area contributed by atoms with Crippen molar-refractivity contribution in [2.75, 3.05) is 36.8 Å². The summed E-state index contributed by atoms with van der Waals surface area (Å²) in [5.41, 5.74) is 9.05. The molecule has 3 aromatic rings. The van der Waals surface area contributed by atoms with Gasteiger partial charge in [0.1, 0.15) is 21.3 Å². The summed E-state index contributed by atoms with van der Waals surface area (Å²) in [6.45, 7) is 5.81. The zero-order valence-corrected chi connectivity index (χ0v) is 17.8. The third kappa shape index (κ3) is 3.59. The maximum Gasteiger partial charge on any atom is 0.263 e. The highest BCUT2D eigenvalue weighted by Gasteiger charge is 2.25. The number of pyridine rings is 1. The minimum Gasteiger partial charge on any atom is -0.397 e. The Labute approximate surface area is 178 Å². The molecule has 30 heavy (non-hydrogen) atoms. The molecular formula is C21H25N7OS. The third-order valence-corrected chi connectivity index (χ3v) is 6.95. The number of anilines is 2. The number of aryl methyl sites for hydroxylation is 2. The van der Waals surface area contributed by atoms with Crippen molar-refractivity contribution in [2.45, 2.75) is 32.2 Å². The van der Waals surface area contributed by atoms with Crippen molar-refractivity contribution in [3.63, 3.8) is 0 Å². The molecule has 1 atom stereocenters. The zero-order valence-electron chi connectivity index (χ0n) is 16.9. The van der Waals surface area contributed by atoms with Crippen LogP contribution in [-0.4, -0.2) is 53.1 Å². The molecule has 4 heterocycles. The summed E-state index contributed by atoms with van der Waals surface area (Å²) in [4.78, 5) is 30.0. The van der Waals surface area contributed by atoms with Crippen LogP contribution in [0.5, 0.6) is 0 Å². The molecule has 0 saturated carbocycles. The van der Waals surface area contributed by atoms with Gasteiger partial charge in [-0.05, 0) is 37.8 Å². The van der Waals surface area contributed by atoms with E-state index < -0.39 is 0 Å². The largest absolute Gasteiger partial charge is 0.397 e. The molecule has 1 aliphatic carbocycles. The number of amides is 1. The third-order valence-electron chi connectivity index (χ3n) is 5.84. The molecule has 2 aliphatic rings. The first kappa shape index (κ1) is 19.2. The van der Waals surface area contributed by atoms with E-state index in [2.05, 4.69) is 37.6 Å². The van der Waals surface area contributed by atoms with Crippen molar-refractivity contribution < 1.29 is 4.79 Å². The number of hydrogen-bond donors (Lipinski definition) is 3. The van der Waals surface area contributed by atoms with Crippen LogP contribution in [0.25, 0.3) is 10.2 Å². The van der Waals surface area contributed by atoms with Crippen LogP contribution in [0.3, 0.4) is 0 Å². The van der Waals surface area contributed by atoms with Crippen molar-refractivity contribution in [1.29, 1.82) is 0 Å². The average Bonchev–Trinajstić information content (AvgIpc) is 3.09. The van der Waals surface area contributed by atoms with E-state index in [-0.39, 0.29) is 11.9 Å². The Hall–Kier alpha value is -2.78. The molecule has 4 N–H and O–H groups in total. The molecule has 9 heteroatoms. The fourth-order valence-electron chi connectivity index (χ4n) is 4.20. The molecule has 0 radical (unpaired) electrons. The van der Waals surface area contributed by atoms with Crippen LogP contribution >= 0.6 is 11.3 Å². The number of aromatic nitrogens is 3. The summed E-state index contributed by atoms with van der Waals surface area (Å²) in [6, 6.07) is 4.36. The number of thiophene rings is 1. The monoisotopic (exact) mass is 423 g/mol. The van der Waals surface area contributed by atoms with E-state index in [9.17, 15) is 4.79 Å². The Bertz CT molecular complexity index is 1110. The summed E-state index contributed by atoms with van der Waals surface area (Å²) in [5.74, 6) is 1.60. The number of nitrogen functional groups attached to an aromatic ring is 1. The van der Waals surface area contributed by atoms with Crippen LogP contribution in [0.2, 0.25) is 0 Å². The highest BCUT2D eigenvalue weighted by atomic mass is 32.1. The Kier molecular flexibility index (Phi) is 5.00. The predicted octanol–water partition coefficient (Wildman–Crippen LogP) is 1.67. The number of nitrogens with two attached hydrogens (primary N) is 1. The van der Waals surface area contributed by atoms with Gasteiger partial charge in [0.25, 0.3) is 5.91 Å². The Morgan fingerprint density at radius 3 is 2.97 bits per heavy atom. The lowest BCUT2D eigenvalue weighted by molar-refractivity contribution is 0.0938. The summed E-state index contributed by atoms with van der Waals surface area (Å²) >= 11 is 1.33. The second-order valence-electron chi connectivity index (χ2n) is 7.91. The van der Waals surface area contributed by atoms with Gasteiger partial charge in [-0.2, -0.15) is 0 Å². The number of piperazine rings is 1. The topological polar surface area (TPSA) is 109 Å². The van der Waals surface area contributed by atoms with Crippen LogP contribution in [-0.2, 0) is 12.8 Å². The lowest BCUT2D eigenvalue weighted by atomic mass is 9.91. The maximum atomic E-state index is 12.9. The minimum absolute atomic E-state index is 0.0780. The summed E-state index contributed by atoms with van der Waals surface area (Å²) in [5, 5.41) is 7.29. The van der Waals surface area contributed by atoms with Gasteiger partial charge in [0, 0.05) is 44.1 Å². The van der Waals surface area contributed by atoms with Gasteiger partial charge in [-0.1, -0.05) is 6.07 Å². The first-order valence-electron chi connectivity index (χ1n) is 10.4. The Morgan fingerprint density at radius 2 is 2.13 bits per heavy atom. The van der Waals surface area contributed by atoms with E-state index in [1.54, 1.807) is 6.20 Å². The standard InChI is InChI=1S/C21H25N7OS/c1-12-24-11-15-18(22)19(30-21(15)25-12)20(29)26-14-3-4-16-13(10-14)2-5-17(27-16)28-8-6-23-7-9-28/h2,5,11,14,23H,3-4,6-10,22H2,1H3,(H,26,29). The van der Waals surface area contributed by atoms with Gasteiger partial charge < -0.3 is 21.3 Å². The van der Waals surface area contributed by atoms with E-state index in [4.69, 9.17) is 10.7 Å². The van der Waals surface area contributed by atoms with Gasteiger partial charge >= 0.3 is 0 Å². The van der Waals surface area contributed by atoms with E-state index in [0.717, 1.165) is 67.2 Å². The Morgan fingerprint density at radius 1 is 1.30 bits per heavy atom. The number of fused-ring (bicyclic) bond motifs is 2. The van der Waals surface area contributed by atoms with Gasteiger partial charge in [0.2, 0.25) is 0 Å². The van der Waals surface area contributed by atoms with E-state index in [1.807, 2.05) is 6.92 Å². The molecule has 1 amide bonds. The fourth-order valence-corrected chi connectivity index (χ4v) is 5.21. The van der Waals surface area contributed by atoms with Crippen molar-refractivity contribution in [1.82, 2.24) is 25.6 Å².